The molecule has 0 aliphatic heterocycles. The Balaban J connectivity index is -0.000000285. The van der Waals surface area contributed by atoms with Gasteiger partial charge in [0.2, 0.25) is 0 Å². The molecule has 1 aromatic rings. The van der Waals surface area contributed by atoms with E-state index in [0.717, 1.165) is 0 Å². The molecule has 1 heterocycles. The second-order valence-corrected chi connectivity index (χ2v) is 2.54. The Morgan fingerprint density at radius 1 is 0.647 bits per heavy atom. The smallest absolute Gasteiger partial charge is 0.180 e. The van der Waals surface area contributed by atoms with Crippen LogP contribution >= 0.6 is 0 Å². The Morgan fingerprint density at radius 3 is 1.35 bits per heavy atom. The van der Waals surface area contributed by atoms with Gasteiger partial charge in [-0.15, -0.1) is 0 Å². The molecule has 0 amide bonds. The maximum absolute atomic E-state index is 12.8. The zero-order valence-electron chi connectivity index (χ0n) is 12.7. The number of hydrogen-bond donors (Lipinski definition) is 0. The van der Waals surface area contributed by atoms with Gasteiger partial charge >= 0.3 is 0 Å². The van der Waals surface area contributed by atoms with E-state index in [1.54, 1.807) is 6.92 Å². The molecule has 0 bridgehead atoms. The van der Waals surface area contributed by atoms with Gasteiger partial charge in [0, 0.05) is 11.3 Å². The van der Waals surface area contributed by atoms with Gasteiger partial charge in [0.1, 0.15) is 0 Å². The van der Waals surface area contributed by atoms with E-state index in [0.29, 0.717) is 5.69 Å². The minimum absolute atomic E-state index is 0.116. The van der Waals surface area contributed by atoms with Crippen LogP contribution in [0.4, 0.5) is 8.78 Å². The first kappa shape index (κ1) is 21.3. The van der Waals surface area contributed by atoms with Crippen molar-refractivity contribution < 1.29 is 8.78 Å². The van der Waals surface area contributed by atoms with Gasteiger partial charge in [-0.1, -0.05) is 41.5 Å². The van der Waals surface area contributed by atoms with Gasteiger partial charge in [0.15, 0.2) is 11.6 Å². The SMILES string of the molecule is CC.CC.CC.Cc1nc(C)c(F)c(F)c1C. The van der Waals surface area contributed by atoms with E-state index < -0.39 is 11.6 Å². The van der Waals surface area contributed by atoms with Gasteiger partial charge < -0.3 is 0 Å². The summed E-state index contributed by atoms with van der Waals surface area (Å²) in [5.41, 5.74) is 0.945. The van der Waals surface area contributed by atoms with Gasteiger partial charge in [0.05, 0.1) is 5.69 Å². The predicted octanol–water partition coefficient (Wildman–Crippen LogP) is 5.36. The highest BCUT2D eigenvalue weighted by atomic mass is 19.2. The van der Waals surface area contributed by atoms with Crippen LogP contribution in [0.25, 0.3) is 0 Å². The number of halogens is 2. The lowest BCUT2D eigenvalue weighted by atomic mass is 10.2. The van der Waals surface area contributed by atoms with E-state index in [1.807, 2.05) is 41.5 Å². The average molecular weight is 247 g/mol. The molecule has 0 unspecified atom stereocenters. The molecule has 0 spiro atoms. The van der Waals surface area contributed by atoms with Crippen molar-refractivity contribution in [2.24, 2.45) is 0 Å². The van der Waals surface area contributed by atoms with Gasteiger partial charge in [-0.2, -0.15) is 0 Å². The van der Waals surface area contributed by atoms with Crippen LogP contribution in [0, 0.1) is 32.4 Å². The maximum Gasteiger partial charge on any atom is 0.180 e. The van der Waals surface area contributed by atoms with Crippen molar-refractivity contribution in [1.29, 1.82) is 0 Å². The number of aryl methyl sites for hydroxylation is 2. The van der Waals surface area contributed by atoms with Crippen LogP contribution in [0.5, 0.6) is 0 Å². The highest BCUT2D eigenvalue weighted by molar-refractivity contribution is 5.23. The summed E-state index contributed by atoms with van der Waals surface area (Å²) in [5.74, 6) is -1.62. The average Bonchev–Trinajstić information content (AvgIpc) is 2.41. The Bertz CT molecular complexity index is 271. The molecule has 3 heteroatoms. The van der Waals surface area contributed by atoms with Crippen LogP contribution in [-0.4, -0.2) is 4.98 Å². The van der Waals surface area contributed by atoms with Gasteiger partial charge in [-0.25, -0.2) is 8.78 Å². The van der Waals surface area contributed by atoms with Crippen molar-refractivity contribution in [3.8, 4) is 0 Å². The molecule has 0 aromatic carbocycles. The normalized spacial score (nSPS) is 7.71. The Labute approximate surface area is 105 Å². The van der Waals surface area contributed by atoms with E-state index in [2.05, 4.69) is 4.98 Å². The van der Waals surface area contributed by atoms with Gasteiger partial charge in [-0.05, 0) is 20.8 Å². The van der Waals surface area contributed by atoms with Crippen molar-refractivity contribution in [2.45, 2.75) is 62.3 Å². The highest BCUT2D eigenvalue weighted by Gasteiger charge is 2.11. The molecule has 0 aliphatic carbocycles. The summed E-state index contributed by atoms with van der Waals surface area (Å²) < 4.78 is 25.6. The summed E-state index contributed by atoms with van der Waals surface area (Å²) in [4.78, 5) is 3.82. The Morgan fingerprint density at radius 2 is 1.00 bits per heavy atom. The second-order valence-electron chi connectivity index (χ2n) is 2.54. The molecule has 0 N–H and O–H groups in total. The summed E-state index contributed by atoms with van der Waals surface area (Å²) in [6.07, 6.45) is 0. The third-order valence-corrected chi connectivity index (χ3v) is 1.72. The third kappa shape index (κ3) is 7.03. The molecule has 0 atom stereocenters. The molecule has 0 fully saturated rings. The highest BCUT2D eigenvalue weighted by Crippen LogP contribution is 2.15. The number of aromatic nitrogens is 1. The first-order valence-electron chi connectivity index (χ1n) is 6.33. The van der Waals surface area contributed by atoms with Crippen LogP contribution < -0.4 is 0 Å². The molecule has 1 aromatic heterocycles. The fourth-order valence-electron chi connectivity index (χ4n) is 0.867. The van der Waals surface area contributed by atoms with Gasteiger partial charge in [-0.3, -0.25) is 4.98 Å². The van der Waals surface area contributed by atoms with E-state index in [-0.39, 0.29) is 11.3 Å². The zero-order valence-corrected chi connectivity index (χ0v) is 12.7. The van der Waals surface area contributed by atoms with Crippen LogP contribution in [-0.2, 0) is 0 Å². The van der Waals surface area contributed by atoms with Crippen LogP contribution in [0.3, 0.4) is 0 Å². The van der Waals surface area contributed by atoms with Gasteiger partial charge in [0.25, 0.3) is 0 Å². The second kappa shape index (κ2) is 13.1. The minimum Gasteiger partial charge on any atom is -0.255 e. The van der Waals surface area contributed by atoms with E-state index in [4.69, 9.17) is 0 Å². The Kier molecular flexibility index (Phi) is 16.4. The number of nitrogens with zero attached hydrogens (tertiary/aromatic N) is 1. The van der Waals surface area contributed by atoms with Crippen LogP contribution in [0.15, 0.2) is 0 Å². The maximum atomic E-state index is 12.8. The number of hydrogen-bond acceptors (Lipinski definition) is 1. The molecule has 17 heavy (non-hydrogen) atoms. The van der Waals surface area contributed by atoms with Crippen molar-refractivity contribution in [3.63, 3.8) is 0 Å². The largest absolute Gasteiger partial charge is 0.255 e. The lowest BCUT2D eigenvalue weighted by molar-refractivity contribution is 0.489. The molecule has 1 nitrogen and oxygen atoms in total. The topological polar surface area (TPSA) is 12.9 Å². The third-order valence-electron chi connectivity index (χ3n) is 1.72. The molecule has 0 saturated carbocycles. The minimum atomic E-state index is -0.840. The van der Waals surface area contributed by atoms with Crippen molar-refractivity contribution in [3.05, 3.63) is 28.6 Å². The van der Waals surface area contributed by atoms with Crippen molar-refractivity contribution in [2.75, 3.05) is 0 Å². The predicted molar refractivity (Wildman–Crippen MR) is 72.4 cm³/mol. The summed E-state index contributed by atoms with van der Waals surface area (Å²) in [6, 6.07) is 0. The molecular formula is C14H27F2N. The summed E-state index contributed by atoms with van der Waals surface area (Å²) >= 11 is 0. The molecule has 1 rings (SSSR count). The molecular weight excluding hydrogens is 220 g/mol. The number of pyridine rings is 1. The summed E-state index contributed by atoms with van der Waals surface area (Å²) in [7, 11) is 0. The zero-order chi connectivity index (χ0) is 14.6. The van der Waals surface area contributed by atoms with Crippen LogP contribution in [0.1, 0.15) is 58.5 Å². The van der Waals surface area contributed by atoms with Crippen molar-refractivity contribution in [1.82, 2.24) is 4.98 Å². The Hall–Kier alpha value is -0.990. The molecule has 0 aliphatic rings. The fraction of sp³-hybridized carbons (Fsp3) is 0.643. The molecule has 0 radical (unpaired) electrons. The first-order valence-corrected chi connectivity index (χ1v) is 6.33. The monoisotopic (exact) mass is 247 g/mol. The lowest BCUT2D eigenvalue weighted by Gasteiger charge is -2.03. The quantitative estimate of drug-likeness (QED) is 0.601. The summed E-state index contributed by atoms with van der Waals surface area (Å²) in [5, 5.41) is 0. The molecule has 102 valence electrons. The van der Waals surface area contributed by atoms with Crippen LogP contribution in [0.2, 0.25) is 0 Å². The number of rotatable bonds is 0. The summed E-state index contributed by atoms with van der Waals surface area (Å²) in [6.45, 7) is 16.6. The molecule has 0 saturated heterocycles. The lowest BCUT2D eigenvalue weighted by Crippen LogP contribution is -2.00. The first-order chi connectivity index (χ1) is 8.04. The fourth-order valence-corrected chi connectivity index (χ4v) is 0.867. The van der Waals surface area contributed by atoms with Crippen molar-refractivity contribution >= 4 is 0 Å². The standard InChI is InChI=1S/C8H9F2N.3C2H6/c1-4-5(2)11-6(3)8(10)7(4)9;3*1-2/h1-3H3;3*1-2H3. The van der Waals surface area contributed by atoms with E-state index in [1.165, 1.54) is 13.8 Å². The van der Waals surface area contributed by atoms with E-state index >= 15 is 0 Å². The van der Waals surface area contributed by atoms with E-state index in [9.17, 15) is 8.78 Å².